The molecule has 3 aromatic rings. The van der Waals surface area contributed by atoms with Gasteiger partial charge in [-0.3, -0.25) is 14.6 Å². The van der Waals surface area contributed by atoms with E-state index in [1.54, 1.807) is 4.90 Å². The number of fused-ring (bicyclic) bond motifs is 3. The minimum atomic E-state index is -0.518. The number of amidine groups is 2. The lowest BCUT2D eigenvalue weighted by molar-refractivity contribution is -0.124. The van der Waals surface area contributed by atoms with Crippen molar-refractivity contribution in [3.05, 3.63) is 101 Å². The fourth-order valence-corrected chi connectivity index (χ4v) is 5.04. The third-order valence-corrected chi connectivity index (χ3v) is 7.11. The van der Waals surface area contributed by atoms with Crippen LogP contribution in [-0.2, 0) is 22.6 Å². The van der Waals surface area contributed by atoms with E-state index in [1.807, 2.05) is 92.7 Å². The number of aryl methyl sites for hydroxylation is 1. The Kier molecular flexibility index (Phi) is 6.51. The Morgan fingerprint density at radius 2 is 1.71 bits per heavy atom. The molecular weight excluding hydrogens is 456 g/mol. The lowest BCUT2D eigenvalue weighted by Crippen LogP contribution is -2.43. The molecule has 0 fully saturated rings. The van der Waals surface area contributed by atoms with Crippen LogP contribution in [0.3, 0.4) is 0 Å². The number of hydrogen-bond donors (Lipinski definition) is 1. The number of thioether (sulfide) groups is 1. The van der Waals surface area contributed by atoms with E-state index in [4.69, 9.17) is 9.98 Å². The summed E-state index contributed by atoms with van der Waals surface area (Å²) in [5.41, 5.74) is 4.86. The first-order valence-corrected chi connectivity index (χ1v) is 12.5. The summed E-state index contributed by atoms with van der Waals surface area (Å²) in [4.78, 5) is 37.5. The summed E-state index contributed by atoms with van der Waals surface area (Å²) in [5.74, 6) is 0.385. The van der Waals surface area contributed by atoms with Crippen molar-refractivity contribution in [2.45, 2.75) is 38.1 Å². The van der Waals surface area contributed by atoms with Gasteiger partial charge in [-0.1, -0.05) is 84.1 Å². The first-order valence-electron chi connectivity index (χ1n) is 11.6. The normalized spacial score (nSPS) is 17.3. The van der Waals surface area contributed by atoms with Crippen LogP contribution in [0.15, 0.2) is 88.8 Å². The SMILES string of the molecule is Cc1ccc(CNC(=O)[C@@H](C)SC2=Nc3ccccc3C3=N[C@@H](Cc4ccccc4)C(=O)N23)cc1. The minimum absolute atomic E-state index is 0.108. The second-order valence-electron chi connectivity index (χ2n) is 8.71. The van der Waals surface area contributed by atoms with Crippen molar-refractivity contribution in [2.75, 3.05) is 0 Å². The highest BCUT2D eigenvalue weighted by Crippen LogP contribution is 2.35. The van der Waals surface area contributed by atoms with Gasteiger partial charge in [0.1, 0.15) is 11.9 Å². The number of aliphatic imine (C=N–C) groups is 2. The average Bonchev–Trinajstić information content (AvgIpc) is 3.20. The van der Waals surface area contributed by atoms with Gasteiger partial charge in [-0.05, 0) is 37.1 Å². The maximum absolute atomic E-state index is 13.5. The molecule has 2 aliphatic rings. The van der Waals surface area contributed by atoms with Crippen LogP contribution in [0, 0.1) is 6.92 Å². The van der Waals surface area contributed by atoms with Crippen LogP contribution in [0.4, 0.5) is 5.69 Å². The highest BCUT2D eigenvalue weighted by molar-refractivity contribution is 8.15. The molecule has 0 unspecified atom stereocenters. The highest BCUT2D eigenvalue weighted by atomic mass is 32.2. The fourth-order valence-electron chi connectivity index (χ4n) is 4.10. The van der Waals surface area contributed by atoms with Gasteiger partial charge < -0.3 is 5.32 Å². The maximum Gasteiger partial charge on any atom is 0.259 e. The number of hydrogen-bond acceptors (Lipinski definition) is 5. The van der Waals surface area contributed by atoms with Crippen molar-refractivity contribution >= 4 is 40.3 Å². The van der Waals surface area contributed by atoms with Crippen molar-refractivity contribution in [2.24, 2.45) is 9.98 Å². The molecule has 0 aromatic heterocycles. The van der Waals surface area contributed by atoms with Gasteiger partial charge in [0.15, 0.2) is 5.17 Å². The third kappa shape index (κ3) is 4.91. The van der Waals surface area contributed by atoms with Gasteiger partial charge in [-0.2, -0.15) is 0 Å². The first-order chi connectivity index (χ1) is 17.0. The summed E-state index contributed by atoms with van der Waals surface area (Å²) < 4.78 is 0. The number of benzene rings is 3. The lowest BCUT2D eigenvalue weighted by Gasteiger charge is -2.27. The van der Waals surface area contributed by atoms with Crippen molar-refractivity contribution in [3.63, 3.8) is 0 Å². The topological polar surface area (TPSA) is 74.1 Å². The largest absolute Gasteiger partial charge is 0.351 e. The number of carbonyl (C=O) groups is 2. The van der Waals surface area contributed by atoms with Crippen LogP contribution >= 0.6 is 11.8 Å². The van der Waals surface area contributed by atoms with Crippen molar-refractivity contribution < 1.29 is 9.59 Å². The molecule has 2 atom stereocenters. The Labute approximate surface area is 209 Å². The summed E-state index contributed by atoms with van der Waals surface area (Å²) in [6.07, 6.45) is 0.520. The van der Waals surface area contributed by atoms with E-state index < -0.39 is 11.3 Å². The Morgan fingerprint density at radius 3 is 2.49 bits per heavy atom. The Hall–Kier alpha value is -3.71. The molecule has 1 N–H and O–H groups in total. The molecule has 0 saturated heterocycles. The van der Waals surface area contributed by atoms with Gasteiger partial charge in [0.05, 0.1) is 10.9 Å². The summed E-state index contributed by atoms with van der Waals surface area (Å²) >= 11 is 1.28. The first kappa shape index (κ1) is 23.1. The summed E-state index contributed by atoms with van der Waals surface area (Å²) in [6, 6.07) is 25.1. The molecule has 5 rings (SSSR count). The van der Waals surface area contributed by atoms with Gasteiger partial charge in [0.25, 0.3) is 5.91 Å². The van der Waals surface area contributed by atoms with Gasteiger partial charge in [-0.15, -0.1) is 0 Å². The van der Waals surface area contributed by atoms with E-state index in [-0.39, 0.29) is 11.8 Å². The molecule has 6 nitrogen and oxygen atoms in total. The monoisotopic (exact) mass is 482 g/mol. The van der Waals surface area contributed by atoms with E-state index in [2.05, 4.69) is 5.32 Å². The molecule has 2 aliphatic heterocycles. The van der Waals surface area contributed by atoms with Gasteiger partial charge in [0.2, 0.25) is 5.91 Å². The predicted molar refractivity (Wildman–Crippen MR) is 141 cm³/mol. The van der Waals surface area contributed by atoms with Crippen molar-refractivity contribution in [3.8, 4) is 0 Å². The molecule has 0 bridgehead atoms. The molecule has 0 aliphatic carbocycles. The van der Waals surface area contributed by atoms with Gasteiger partial charge in [0, 0.05) is 18.5 Å². The number of nitrogens with one attached hydrogen (secondary N) is 1. The van der Waals surface area contributed by atoms with Crippen molar-refractivity contribution in [1.29, 1.82) is 0 Å². The van der Waals surface area contributed by atoms with Crippen LogP contribution in [0.5, 0.6) is 0 Å². The number of rotatable bonds is 6. The van der Waals surface area contributed by atoms with Gasteiger partial charge >= 0.3 is 0 Å². The minimum Gasteiger partial charge on any atom is -0.351 e. The van der Waals surface area contributed by atoms with Crippen molar-refractivity contribution in [1.82, 2.24) is 10.2 Å². The molecule has 3 aromatic carbocycles. The summed E-state index contributed by atoms with van der Waals surface area (Å²) in [7, 11) is 0. The lowest BCUT2D eigenvalue weighted by atomic mass is 10.1. The van der Waals surface area contributed by atoms with Crippen LogP contribution < -0.4 is 5.32 Å². The van der Waals surface area contributed by atoms with E-state index >= 15 is 0 Å². The molecule has 35 heavy (non-hydrogen) atoms. The van der Waals surface area contributed by atoms with E-state index in [0.717, 1.165) is 22.4 Å². The number of para-hydroxylation sites is 1. The quantitative estimate of drug-likeness (QED) is 0.557. The number of nitrogens with zero attached hydrogens (tertiary/aromatic N) is 3. The van der Waals surface area contributed by atoms with Crippen LogP contribution in [0.2, 0.25) is 0 Å². The zero-order valence-electron chi connectivity index (χ0n) is 19.6. The molecule has 2 heterocycles. The fraction of sp³-hybridized carbons (Fsp3) is 0.214. The van der Waals surface area contributed by atoms with E-state index in [1.165, 1.54) is 17.3 Å². The molecule has 0 spiro atoms. The zero-order valence-corrected chi connectivity index (χ0v) is 20.5. The second kappa shape index (κ2) is 9.88. The van der Waals surface area contributed by atoms with Gasteiger partial charge in [-0.25, -0.2) is 9.89 Å². The molecule has 2 amide bonds. The molecule has 7 heteroatoms. The molecule has 0 radical (unpaired) electrons. The van der Waals surface area contributed by atoms with Crippen LogP contribution in [0.1, 0.15) is 29.2 Å². The highest BCUT2D eigenvalue weighted by Gasteiger charge is 2.42. The molecular formula is C28H26N4O2S. The number of carbonyl (C=O) groups excluding carboxylic acids is 2. The summed E-state index contributed by atoms with van der Waals surface area (Å²) in [5, 5.41) is 3.04. The average molecular weight is 483 g/mol. The second-order valence-corrected chi connectivity index (χ2v) is 10.0. The van der Waals surface area contributed by atoms with Crippen LogP contribution in [-0.4, -0.2) is 39.0 Å². The number of amides is 2. The van der Waals surface area contributed by atoms with Crippen LogP contribution in [0.25, 0.3) is 0 Å². The summed E-state index contributed by atoms with van der Waals surface area (Å²) in [6.45, 7) is 4.32. The standard InChI is InChI=1S/C28H26N4O2S/c1-18-12-14-21(15-13-18)17-29-26(33)19(2)35-28-31-23-11-7-6-10-22(23)25-30-24(27(34)32(25)28)16-20-8-4-3-5-9-20/h3-15,19,24H,16-17H2,1-2H3,(H,29,33)/t19-,24+/m1/s1. The third-order valence-electron chi connectivity index (χ3n) is 6.06. The van der Waals surface area contributed by atoms with E-state index in [9.17, 15) is 9.59 Å². The predicted octanol–water partition coefficient (Wildman–Crippen LogP) is 4.63. The molecule has 176 valence electrons. The Morgan fingerprint density at radius 1 is 1.00 bits per heavy atom. The smallest absolute Gasteiger partial charge is 0.259 e. The maximum atomic E-state index is 13.5. The Bertz CT molecular complexity index is 1320. The Balaban J connectivity index is 1.34. The molecule has 0 saturated carbocycles. The van der Waals surface area contributed by atoms with E-state index in [0.29, 0.717) is 24.0 Å². The zero-order chi connectivity index (χ0) is 24.4.